The van der Waals surface area contributed by atoms with E-state index in [-0.39, 0.29) is 5.91 Å². The number of aromatic nitrogens is 1. The standard InChI is InChI=1S/C23H27N3O3S3/c1-28-17-6-8-18(9-7-17)31-16-21(27)26(11-10-25-12-14-29-15-13-25)23-24-22-19(30-2)4-3-5-20(22)32-23/h3-9H,10-16H2,1-2H3. The normalized spacial score (nSPS) is 14.6. The van der Waals surface area contributed by atoms with Crippen molar-refractivity contribution in [3.63, 3.8) is 0 Å². The van der Waals surface area contributed by atoms with Crippen molar-refractivity contribution in [2.45, 2.75) is 9.79 Å². The second kappa shape index (κ2) is 11.4. The van der Waals surface area contributed by atoms with E-state index in [2.05, 4.69) is 29.4 Å². The molecule has 0 saturated carbocycles. The van der Waals surface area contributed by atoms with Crippen LogP contribution in [0.4, 0.5) is 5.13 Å². The van der Waals surface area contributed by atoms with Crippen LogP contribution in [0.5, 0.6) is 5.75 Å². The third-order valence-electron chi connectivity index (χ3n) is 5.29. The average Bonchev–Trinajstić information content (AvgIpc) is 3.28. The Balaban J connectivity index is 1.51. The van der Waals surface area contributed by atoms with Crippen LogP contribution in [0.25, 0.3) is 10.2 Å². The molecule has 6 nitrogen and oxygen atoms in total. The van der Waals surface area contributed by atoms with Gasteiger partial charge in [0.25, 0.3) is 0 Å². The van der Waals surface area contributed by atoms with Crippen LogP contribution in [-0.2, 0) is 9.53 Å². The molecule has 0 radical (unpaired) electrons. The van der Waals surface area contributed by atoms with Gasteiger partial charge < -0.3 is 9.47 Å². The number of fused-ring (bicyclic) bond motifs is 1. The van der Waals surface area contributed by atoms with Gasteiger partial charge in [-0.1, -0.05) is 17.4 Å². The van der Waals surface area contributed by atoms with Gasteiger partial charge in [0.15, 0.2) is 5.13 Å². The van der Waals surface area contributed by atoms with Crippen LogP contribution in [0, 0.1) is 0 Å². The predicted octanol–water partition coefficient (Wildman–Crippen LogP) is 4.48. The van der Waals surface area contributed by atoms with Crippen molar-refractivity contribution in [1.82, 2.24) is 9.88 Å². The van der Waals surface area contributed by atoms with E-state index in [0.717, 1.165) is 63.7 Å². The summed E-state index contributed by atoms with van der Waals surface area (Å²) in [6.07, 6.45) is 2.06. The third kappa shape index (κ3) is 5.77. The molecule has 170 valence electrons. The summed E-state index contributed by atoms with van der Waals surface area (Å²) >= 11 is 4.81. The molecule has 0 unspecified atom stereocenters. The minimum atomic E-state index is 0.0730. The van der Waals surface area contributed by atoms with Gasteiger partial charge in [0.05, 0.1) is 36.3 Å². The Labute approximate surface area is 201 Å². The number of carbonyl (C=O) groups excluding carboxylic acids is 1. The molecule has 1 aromatic heterocycles. The van der Waals surface area contributed by atoms with E-state index < -0.39 is 0 Å². The van der Waals surface area contributed by atoms with Crippen LogP contribution >= 0.6 is 34.9 Å². The number of amides is 1. The molecular weight excluding hydrogens is 462 g/mol. The molecule has 0 bridgehead atoms. The second-order valence-electron chi connectivity index (χ2n) is 7.27. The van der Waals surface area contributed by atoms with E-state index in [1.165, 1.54) is 11.8 Å². The summed E-state index contributed by atoms with van der Waals surface area (Å²) in [6.45, 7) is 4.74. The average molecular weight is 490 g/mol. The predicted molar refractivity (Wildman–Crippen MR) is 135 cm³/mol. The first-order chi connectivity index (χ1) is 15.7. The molecule has 1 amide bonds. The maximum absolute atomic E-state index is 13.3. The number of thiazole rings is 1. The van der Waals surface area contributed by atoms with Crippen molar-refractivity contribution in [3.05, 3.63) is 42.5 Å². The Morgan fingerprint density at radius 1 is 1.22 bits per heavy atom. The van der Waals surface area contributed by atoms with Crippen molar-refractivity contribution in [2.75, 3.05) is 63.4 Å². The fraction of sp³-hybridized carbons (Fsp3) is 0.391. The van der Waals surface area contributed by atoms with E-state index >= 15 is 0 Å². The number of ether oxygens (including phenoxy) is 2. The lowest BCUT2D eigenvalue weighted by Gasteiger charge is -2.29. The van der Waals surface area contributed by atoms with Gasteiger partial charge in [-0.2, -0.15) is 0 Å². The topological polar surface area (TPSA) is 54.9 Å². The summed E-state index contributed by atoms with van der Waals surface area (Å²) < 4.78 is 11.8. The number of benzene rings is 2. The van der Waals surface area contributed by atoms with Crippen molar-refractivity contribution in [3.8, 4) is 5.75 Å². The Morgan fingerprint density at radius 3 is 2.72 bits per heavy atom. The molecule has 1 aliphatic heterocycles. The smallest absolute Gasteiger partial charge is 0.239 e. The number of methoxy groups -OCH3 is 1. The van der Waals surface area contributed by atoms with Crippen molar-refractivity contribution in [2.24, 2.45) is 0 Å². The highest BCUT2D eigenvalue weighted by Gasteiger charge is 2.22. The summed E-state index contributed by atoms with van der Waals surface area (Å²) in [6, 6.07) is 14.0. The molecule has 32 heavy (non-hydrogen) atoms. The number of hydrogen-bond acceptors (Lipinski definition) is 8. The Kier molecular flexibility index (Phi) is 8.31. The van der Waals surface area contributed by atoms with Gasteiger partial charge in [-0.3, -0.25) is 14.6 Å². The lowest BCUT2D eigenvalue weighted by Crippen LogP contribution is -2.43. The van der Waals surface area contributed by atoms with Gasteiger partial charge in [-0.25, -0.2) is 4.98 Å². The largest absolute Gasteiger partial charge is 0.497 e. The van der Waals surface area contributed by atoms with E-state index in [1.54, 1.807) is 30.2 Å². The molecular formula is C23H27N3O3S3. The quantitative estimate of drug-likeness (QED) is 0.411. The van der Waals surface area contributed by atoms with Crippen LogP contribution in [0.1, 0.15) is 0 Å². The lowest BCUT2D eigenvalue weighted by molar-refractivity contribution is -0.116. The number of morpholine rings is 1. The molecule has 0 atom stereocenters. The summed E-state index contributed by atoms with van der Waals surface area (Å²) in [5.41, 5.74) is 0.979. The fourth-order valence-electron chi connectivity index (χ4n) is 3.48. The van der Waals surface area contributed by atoms with Crippen LogP contribution in [0.2, 0.25) is 0 Å². The van der Waals surface area contributed by atoms with Crippen molar-refractivity contribution >= 4 is 56.1 Å². The number of rotatable bonds is 9. The van der Waals surface area contributed by atoms with Gasteiger partial charge in [0.1, 0.15) is 5.75 Å². The molecule has 4 rings (SSSR count). The molecule has 1 aliphatic rings. The van der Waals surface area contributed by atoms with Crippen molar-refractivity contribution < 1.29 is 14.3 Å². The minimum absolute atomic E-state index is 0.0730. The van der Waals surface area contributed by atoms with Crippen LogP contribution in [0.3, 0.4) is 0 Å². The zero-order valence-electron chi connectivity index (χ0n) is 18.3. The lowest BCUT2D eigenvalue weighted by atomic mass is 10.3. The van der Waals surface area contributed by atoms with E-state index in [0.29, 0.717) is 12.3 Å². The maximum Gasteiger partial charge on any atom is 0.239 e. The van der Waals surface area contributed by atoms with Gasteiger partial charge in [0.2, 0.25) is 5.91 Å². The van der Waals surface area contributed by atoms with Crippen LogP contribution in [-0.4, -0.2) is 74.3 Å². The van der Waals surface area contributed by atoms with E-state index in [4.69, 9.17) is 14.5 Å². The van der Waals surface area contributed by atoms with Gasteiger partial charge in [-0.15, -0.1) is 23.5 Å². The fourth-order valence-corrected chi connectivity index (χ4v) is 5.92. The monoisotopic (exact) mass is 489 g/mol. The third-order valence-corrected chi connectivity index (χ3v) is 8.10. The Morgan fingerprint density at radius 2 is 2.00 bits per heavy atom. The van der Waals surface area contributed by atoms with Gasteiger partial charge >= 0.3 is 0 Å². The molecule has 0 aliphatic carbocycles. The highest BCUT2D eigenvalue weighted by atomic mass is 32.2. The Hall–Kier alpha value is -1.78. The number of nitrogens with zero attached hydrogens (tertiary/aromatic N) is 3. The van der Waals surface area contributed by atoms with Gasteiger partial charge in [-0.05, 0) is 42.7 Å². The maximum atomic E-state index is 13.3. The SMILES string of the molecule is COc1ccc(SCC(=O)N(CCN2CCOCC2)c2nc3c(SC)cccc3s2)cc1. The zero-order chi connectivity index (χ0) is 22.3. The van der Waals surface area contributed by atoms with E-state index in [9.17, 15) is 4.79 Å². The molecule has 1 saturated heterocycles. The molecule has 9 heteroatoms. The number of thioether (sulfide) groups is 2. The van der Waals surface area contributed by atoms with Crippen LogP contribution in [0.15, 0.2) is 52.3 Å². The molecule has 2 heterocycles. The molecule has 3 aromatic rings. The molecule has 0 spiro atoms. The van der Waals surface area contributed by atoms with Crippen molar-refractivity contribution in [1.29, 1.82) is 0 Å². The molecule has 2 aromatic carbocycles. The first-order valence-electron chi connectivity index (χ1n) is 10.5. The van der Waals surface area contributed by atoms with E-state index in [1.807, 2.05) is 29.2 Å². The minimum Gasteiger partial charge on any atom is -0.497 e. The highest BCUT2D eigenvalue weighted by molar-refractivity contribution is 8.00. The second-order valence-corrected chi connectivity index (χ2v) is 10.2. The van der Waals surface area contributed by atoms with Crippen LogP contribution < -0.4 is 9.64 Å². The number of para-hydroxylation sites is 1. The first-order valence-corrected chi connectivity index (χ1v) is 13.5. The summed E-state index contributed by atoms with van der Waals surface area (Å²) in [7, 11) is 1.65. The Bertz CT molecular complexity index is 1040. The highest BCUT2D eigenvalue weighted by Crippen LogP contribution is 2.34. The summed E-state index contributed by atoms with van der Waals surface area (Å²) in [4.78, 5) is 24.6. The number of carbonyl (C=O) groups is 1. The first kappa shape index (κ1) is 23.4. The zero-order valence-corrected chi connectivity index (χ0v) is 20.7. The molecule has 0 N–H and O–H groups in total. The number of hydrogen-bond donors (Lipinski definition) is 0. The summed E-state index contributed by atoms with van der Waals surface area (Å²) in [5.74, 6) is 1.25. The number of anilines is 1. The van der Waals surface area contributed by atoms with Gasteiger partial charge in [0, 0.05) is 36.0 Å². The summed E-state index contributed by atoms with van der Waals surface area (Å²) in [5, 5.41) is 0.773. The molecule has 1 fully saturated rings.